The fourth-order valence-corrected chi connectivity index (χ4v) is 4.09. The minimum absolute atomic E-state index is 0. The third-order valence-corrected chi connectivity index (χ3v) is 5.21. The summed E-state index contributed by atoms with van der Waals surface area (Å²) < 4.78 is 0. The van der Waals surface area contributed by atoms with Crippen LogP contribution in [0.1, 0.15) is 40.4 Å². The van der Waals surface area contributed by atoms with Gasteiger partial charge in [-0.15, -0.1) is 23.7 Å². The number of nitrogens with one attached hydrogen (secondary N) is 1. The standard InChI is InChI=1S/C14H20N2OS.ClH/c1-9-8-16(10(2)7-15-9)14(17)13-6-11-4-3-5-12(11)18-13;/h6,9-10,15H,3-5,7-8H2,1-2H3;1H. The number of piperazine rings is 1. The van der Waals surface area contributed by atoms with Gasteiger partial charge in [0.2, 0.25) is 0 Å². The van der Waals surface area contributed by atoms with E-state index >= 15 is 0 Å². The molecule has 1 N–H and O–H groups in total. The monoisotopic (exact) mass is 300 g/mol. The highest BCUT2D eigenvalue weighted by atomic mass is 35.5. The van der Waals surface area contributed by atoms with Crippen LogP contribution < -0.4 is 5.32 Å². The first kappa shape index (κ1) is 14.8. The maximum Gasteiger partial charge on any atom is 0.264 e. The molecule has 1 aromatic rings. The molecule has 2 heterocycles. The molecule has 1 aromatic heterocycles. The molecule has 2 atom stereocenters. The van der Waals surface area contributed by atoms with Crippen molar-refractivity contribution in [1.29, 1.82) is 0 Å². The molecule has 1 saturated heterocycles. The van der Waals surface area contributed by atoms with Crippen molar-refractivity contribution in [2.24, 2.45) is 0 Å². The van der Waals surface area contributed by atoms with Crippen LogP contribution >= 0.6 is 23.7 Å². The van der Waals surface area contributed by atoms with Gasteiger partial charge >= 0.3 is 0 Å². The van der Waals surface area contributed by atoms with Crippen molar-refractivity contribution in [3.05, 3.63) is 21.4 Å². The quantitative estimate of drug-likeness (QED) is 0.864. The van der Waals surface area contributed by atoms with Crippen molar-refractivity contribution in [2.75, 3.05) is 13.1 Å². The van der Waals surface area contributed by atoms with E-state index in [-0.39, 0.29) is 18.3 Å². The lowest BCUT2D eigenvalue weighted by Crippen LogP contribution is -2.56. The van der Waals surface area contributed by atoms with Crippen LogP contribution in [-0.2, 0) is 12.8 Å². The number of amides is 1. The predicted molar refractivity (Wildman–Crippen MR) is 81.6 cm³/mol. The average molecular weight is 301 g/mol. The number of halogens is 1. The Kier molecular flexibility index (Phi) is 4.54. The van der Waals surface area contributed by atoms with Crippen molar-refractivity contribution in [2.45, 2.75) is 45.2 Å². The average Bonchev–Trinajstić information content (AvgIpc) is 2.91. The Hall–Kier alpha value is -0.580. The molecule has 0 bridgehead atoms. The highest BCUT2D eigenvalue weighted by Crippen LogP contribution is 2.31. The van der Waals surface area contributed by atoms with E-state index in [1.165, 1.54) is 23.3 Å². The molecule has 1 amide bonds. The summed E-state index contributed by atoms with van der Waals surface area (Å²) in [7, 11) is 0. The van der Waals surface area contributed by atoms with Crippen LogP contribution in [0.5, 0.6) is 0 Å². The summed E-state index contributed by atoms with van der Waals surface area (Å²) in [6.07, 6.45) is 3.59. The molecule has 3 rings (SSSR count). The van der Waals surface area contributed by atoms with Crippen LogP contribution in [0.3, 0.4) is 0 Å². The summed E-state index contributed by atoms with van der Waals surface area (Å²) in [5, 5.41) is 3.42. The van der Waals surface area contributed by atoms with Crippen LogP contribution in [0.4, 0.5) is 0 Å². The Morgan fingerprint density at radius 2 is 2.21 bits per heavy atom. The van der Waals surface area contributed by atoms with Gasteiger partial charge in [0.1, 0.15) is 0 Å². The van der Waals surface area contributed by atoms with Gasteiger partial charge in [-0.05, 0) is 44.7 Å². The molecular weight excluding hydrogens is 280 g/mol. The molecule has 0 radical (unpaired) electrons. The summed E-state index contributed by atoms with van der Waals surface area (Å²) in [5.41, 5.74) is 1.42. The Morgan fingerprint density at radius 3 is 2.95 bits per heavy atom. The highest BCUT2D eigenvalue weighted by Gasteiger charge is 2.29. The zero-order valence-corrected chi connectivity index (χ0v) is 13.1. The second kappa shape index (κ2) is 5.81. The molecular formula is C14H21ClN2OS. The molecule has 0 spiro atoms. The van der Waals surface area contributed by atoms with Gasteiger partial charge in [0.25, 0.3) is 5.91 Å². The predicted octanol–water partition coefficient (Wildman–Crippen LogP) is 2.48. The number of rotatable bonds is 1. The Bertz CT molecular complexity index is 453. The first-order chi connectivity index (χ1) is 8.65. The van der Waals surface area contributed by atoms with E-state index in [1.807, 2.05) is 4.90 Å². The lowest BCUT2D eigenvalue weighted by molar-refractivity contribution is 0.0621. The third-order valence-electron chi connectivity index (χ3n) is 3.98. The van der Waals surface area contributed by atoms with Gasteiger partial charge in [-0.2, -0.15) is 0 Å². The van der Waals surface area contributed by atoms with E-state index in [2.05, 4.69) is 25.2 Å². The smallest absolute Gasteiger partial charge is 0.264 e. The Labute approximate surface area is 124 Å². The minimum Gasteiger partial charge on any atom is -0.332 e. The highest BCUT2D eigenvalue weighted by molar-refractivity contribution is 7.14. The van der Waals surface area contributed by atoms with Crippen molar-refractivity contribution in [3.8, 4) is 0 Å². The van der Waals surface area contributed by atoms with Crippen LogP contribution in [0.15, 0.2) is 6.07 Å². The van der Waals surface area contributed by atoms with Gasteiger partial charge < -0.3 is 10.2 Å². The molecule has 1 aliphatic carbocycles. The first-order valence-corrected chi connectivity index (χ1v) is 7.62. The SMILES string of the molecule is CC1CN(C(=O)c2cc3c(s2)CCC3)C(C)CN1.Cl. The maximum absolute atomic E-state index is 12.6. The fourth-order valence-electron chi connectivity index (χ4n) is 2.88. The summed E-state index contributed by atoms with van der Waals surface area (Å²) in [6, 6.07) is 2.83. The van der Waals surface area contributed by atoms with E-state index in [0.717, 1.165) is 24.4 Å². The molecule has 106 valence electrons. The summed E-state index contributed by atoms with van der Waals surface area (Å²) in [5.74, 6) is 0.232. The van der Waals surface area contributed by atoms with Crippen LogP contribution in [-0.4, -0.2) is 36.0 Å². The normalized spacial score (nSPS) is 25.9. The number of aryl methyl sites for hydroxylation is 2. The number of thiophene rings is 1. The number of carbonyl (C=O) groups is 1. The zero-order chi connectivity index (χ0) is 12.7. The first-order valence-electron chi connectivity index (χ1n) is 6.81. The second-order valence-corrected chi connectivity index (χ2v) is 6.67. The number of carbonyl (C=O) groups excluding carboxylic acids is 1. The number of hydrogen-bond donors (Lipinski definition) is 1. The van der Waals surface area contributed by atoms with Gasteiger partial charge in [0.15, 0.2) is 0 Å². The molecule has 0 saturated carbocycles. The molecule has 0 aromatic carbocycles. The zero-order valence-electron chi connectivity index (χ0n) is 11.4. The summed E-state index contributed by atoms with van der Waals surface area (Å²) in [4.78, 5) is 17.0. The molecule has 19 heavy (non-hydrogen) atoms. The molecule has 5 heteroatoms. The minimum atomic E-state index is 0. The van der Waals surface area contributed by atoms with E-state index in [9.17, 15) is 4.79 Å². The summed E-state index contributed by atoms with van der Waals surface area (Å²) >= 11 is 1.72. The van der Waals surface area contributed by atoms with Crippen molar-refractivity contribution in [3.63, 3.8) is 0 Å². The van der Waals surface area contributed by atoms with Gasteiger partial charge in [-0.3, -0.25) is 4.79 Å². The van der Waals surface area contributed by atoms with E-state index in [0.29, 0.717) is 12.1 Å². The fraction of sp³-hybridized carbons (Fsp3) is 0.643. The molecule has 3 nitrogen and oxygen atoms in total. The van der Waals surface area contributed by atoms with E-state index in [1.54, 1.807) is 11.3 Å². The maximum atomic E-state index is 12.6. The molecule has 1 fully saturated rings. The Balaban J connectivity index is 0.00000133. The van der Waals surface area contributed by atoms with Crippen molar-refractivity contribution in [1.82, 2.24) is 10.2 Å². The van der Waals surface area contributed by atoms with Gasteiger partial charge in [0, 0.05) is 30.1 Å². The number of nitrogens with zero attached hydrogens (tertiary/aromatic N) is 1. The molecule has 1 aliphatic heterocycles. The van der Waals surface area contributed by atoms with E-state index < -0.39 is 0 Å². The van der Waals surface area contributed by atoms with Gasteiger partial charge in [0.05, 0.1) is 4.88 Å². The van der Waals surface area contributed by atoms with Crippen molar-refractivity contribution < 1.29 is 4.79 Å². The number of hydrogen-bond acceptors (Lipinski definition) is 3. The summed E-state index contributed by atoms with van der Waals surface area (Å²) in [6.45, 7) is 5.99. The molecule has 2 unspecified atom stereocenters. The lowest BCUT2D eigenvalue weighted by Gasteiger charge is -2.37. The van der Waals surface area contributed by atoms with Gasteiger partial charge in [-0.1, -0.05) is 0 Å². The van der Waals surface area contributed by atoms with E-state index in [4.69, 9.17) is 0 Å². The van der Waals surface area contributed by atoms with Gasteiger partial charge in [-0.25, -0.2) is 0 Å². The topological polar surface area (TPSA) is 32.3 Å². The van der Waals surface area contributed by atoms with Crippen LogP contribution in [0, 0.1) is 0 Å². The van der Waals surface area contributed by atoms with Crippen LogP contribution in [0.2, 0.25) is 0 Å². The number of fused-ring (bicyclic) bond motifs is 1. The largest absolute Gasteiger partial charge is 0.332 e. The van der Waals surface area contributed by atoms with Crippen molar-refractivity contribution >= 4 is 29.7 Å². The third kappa shape index (κ3) is 2.81. The molecule has 2 aliphatic rings. The lowest BCUT2D eigenvalue weighted by atomic mass is 10.1. The van der Waals surface area contributed by atoms with Crippen LogP contribution in [0.25, 0.3) is 0 Å². The Morgan fingerprint density at radius 1 is 1.42 bits per heavy atom. The second-order valence-electron chi connectivity index (χ2n) is 5.53.